The number of nitrogens with zero attached hydrogens (tertiary/aromatic N) is 5. The maximum absolute atomic E-state index is 15.7. The van der Waals surface area contributed by atoms with Crippen LogP contribution in [0.5, 0.6) is 5.75 Å². The third kappa shape index (κ3) is 5.47. The summed E-state index contributed by atoms with van der Waals surface area (Å²) in [4.78, 5) is 37.9. The number of fused-ring (bicyclic) bond motifs is 1. The summed E-state index contributed by atoms with van der Waals surface area (Å²) >= 11 is 0. The van der Waals surface area contributed by atoms with Crippen LogP contribution in [-0.2, 0) is 21.2 Å². The zero-order chi connectivity index (χ0) is 31.2. The highest BCUT2D eigenvalue weighted by atomic mass is 32.2. The number of hydrogen-bond donors (Lipinski definition) is 1. The summed E-state index contributed by atoms with van der Waals surface area (Å²) in [6, 6.07) is 8.93. The molecule has 43 heavy (non-hydrogen) atoms. The summed E-state index contributed by atoms with van der Waals surface area (Å²) in [6.07, 6.45) is 2.27. The van der Waals surface area contributed by atoms with Gasteiger partial charge >= 0.3 is 5.69 Å². The van der Waals surface area contributed by atoms with Gasteiger partial charge in [0.15, 0.2) is 15.7 Å². The number of amides is 1. The predicted molar refractivity (Wildman–Crippen MR) is 158 cm³/mol. The smallest absolute Gasteiger partial charge is 0.351 e. The van der Waals surface area contributed by atoms with Crippen molar-refractivity contribution in [3.63, 3.8) is 0 Å². The lowest BCUT2D eigenvalue weighted by atomic mass is 10.1. The number of phenolic OH excluding ortho intramolecular Hbond substituents is 1. The maximum Gasteiger partial charge on any atom is 0.351 e. The number of carbonyl (C=O) groups is 1. The number of pyridine rings is 1. The number of benzene rings is 2. The van der Waals surface area contributed by atoms with Crippen LogP contribution in [0, 0.1) is 18.6 Å². The molecular formula is C30H29F2N5O5S. The third-order valence-corrected chi connectivity index (χ3v) is 8.76. The topological polar surface area (TPSA) is 126 Å². The van der Waals surface area contributed by atoms with Crippen molar-refractivity contribution in [3.05, 3.63) is 88.4 Å². The summed E-state index contributed by atoms with van der Waals surface area (Å²) in [6.45, 7) is 7.60. The molecule has 13 heteroatoms. The highest BCUT2D eigenvalue weighted by Crippen LogP contribution is 2.36. The molecule has 0 spiro atoms. The Morgan fingerprint density at radius 2 is 1.86 bits per heavy atom. The number of aryl methyl sites for hydroxylation is 1. The van der Waals surface area contributed by atoms with Crippen LogP contribution in [0.3, 0.4) is 0 Å². The molecular weight excluding hydrogens is 580 g/mol. The fourth-order valence-corrected chi connectivity index (χ4v) is 6.42. The van der Waals surface area contributed by atoms with Gasteiger partial charge in [-0.05, 0) is 55.3 Å². The monoisotopic (exact) mass is 609 g/mol. The molecule has 1 saturated heterocycles. The number of anilines is 1. The largest absolute Gasteiger partial charge is 0.507 e. The van der Waals surface area contributed by atoms with E-state index in [1.807, 2.05) is 6.92 Å². The number of hydrogen-bond acceptors (Lipinski definition) is 8. The lowest BCUT2D eigenvalue weighted by Crippen LogP contribution is -2.54. The molecule has 0 radical (unpaired) electrons. The molecule has 1 aliphatic heterocycles. The third-order valence-electron chi connectivity index (χ3n) is 7.58. The van der Waals surface area contributed by atoms with E-state index in [1.54, 1.807) is 28.9 Å². The van der Waals surface area contributed by atoms with Crippen molar-refractivity contribution in [2.75, 3.05) is 30.8 Å². The number of sulfone groups is 1. The second kappa shape index (κ2) is 11.2. The molecule has 1 amide bonds. The quantitative estimate of drug-likeness (QED) is 0.330. The van der Waals surface area contributed by atoms with Gasteiger partial charge in [0.25, 0.3) is 0 Å². The van der Waals surface area contributed by atoms with E-state index in [0.29, 0.717) is 17.7 Å². The molecule has 0 unspecified atom stereocenters. The molecule has 0 bridgehead atoms. The van der Waals surface area contributed by atoms with Crippen molar-refractivity contribution < 1.29 is 27.1 Å². The first-order valence-electron chi connectivity index (χ1n) is 13.4. The van der Waals surface area contributed by atoms with E-state index >= 15 is 4.39 Å². The average Bonchev–Trinajstić information content (AvgIpc) is 2.94. The Balaban J connectivity index is 1.77. The summed E-state index contributed by atoms with van der Waals surface area (Å²) < 4.78 is 57.0. The van der Waals surface area contributed by atoms with Crippen LogP contribution in [0.1, 0.15) is 18.1 Å². The fourth-order valence-electron chi connectivity index (χ4n) is 5.42. The second-order valence-electron chi connectivity index (χ2n) is 10.5. The summed E-state index contributed by atoms with van der Waals surface area (Å²) in [5.74, 6) is -2.59. The number of halogens is 2. The predicted octanol–water partition coefficient (Wildman–Crippen LogP) is 3.43. The summed E-state index contributed by atoms with van der Waals surface area (Å²) in [7, 11) is -3.70. The first-order chi connectivity index (χ1) is 20.3. The van der Waals surface area contributed by atoms with Gasteiger partial charge < -0.3 is 14.9 Å². The van der Waals surface area contributed by atoms with E-state index in [1.165, 1.54) is 24.3 Å². The highest BCUT2D eigenvalue weighted by Gasteiger charge is 2.30. The Labute approximate surface area is 246 Å². The van der Waals surface area contributed by atoms with Crippen LogP contribution in [-0.4, -0.2) is 70.8 Å². The van der Waals surface area contributed by atoms with Crippen molar-refractivity contribution in [1.29, 1.82) is 0 Å². The second-order valence-corrected chi connectivity index (χ2v) is 12.5. The van der Waals surface area contributed by atoms with Crippen LogP contribution in [0.25, 0.3) is 22.3 Å². The van der Waals surface area contributed by atoms with Gasteiger partial charge in [-0.3, -0.25) is 9.36 Å². The normalized spacial score (nSPS) is 15.6. The Bertz CT molecular complexity index is 1940. The van der Waals surface area contributed by atoms with Crippen molar-refractivity contribution in [2.45, 2.75) is 31.3 Å². The van der Waals surface area contributed by atoms with Crippen molar-refractivity contribution in [3.8, 4) is 17.0 Å². The minimum Gasteiger partial charge on any atom is -0.507 e. The van der Waals surface area contributed by atoms with Gasteiger partial charge in [0, 0.05) is 31.9 Å². The number of aromatic hydroxyl groups is 1. The van der Waals surface area contributed by atoms with E-state index in [9.17, 15) is 27.5 Å². The van der Waals surface area contributed by atoms with Crippen molar-refractivity contribution >= 4 is 32.6 Å². The number of piperazine rings is 1. The van der Waals surface area contributed by atoms with E-state index in [0.717, 1.165) is 23.0 Å². The SMILES string of the molecule is C=CC(=O)N1CCN(c2nc(=O)n(Cc3c(C)cccc3S(C)(=O)=O)c3nc(-c4c(O)cccc4F)c(F)cc23)[C@@H](C)C1. The van der Waals surface area contributed by atoms with Crippen LogP contribution in [0.4, 0.5) is 14.6 Å². The molecule has 5 rings (SSSR count). The summed E-state index contributed by atoms with van der Waals surface area (Å²) in [5, 5.41) is 10.5. The molecule has 0 aliphatic carbocycles. The van der Waals surface area contributed by atoms with Gasteiger partial charge in [-0.25, -0.2) is 27.0 Å². The number of aromatic nitrogens is 3. The molecule has 4 aromatic rings. The molecule has 1 atom stereocenters. The van der Waals surface area contributed by atoms with Gasteiger partial charge in [0.1, 0.15) is 28.7 Å². The van der Waals surface area contributed by atoms with Crippen LogP contribution in [0.2, 0.25) is 0 Å². The van der Waals surface area contributed by atoms with Crippen LogP contribution in [0.15, 0.2) is 64.8 Å². The molecule has 3 heterocycles. The molecule has 1 fully saturated rings. The summed E-state index contributed by atoms with van der Waals surface area (Å²) in [5.41, 5.74) is -1.02. The Kier molecular flexibility index (Phi) is 7.78. The minimum absolute atomic E-state index is 0.00217. The van der Waals surface area contributed by atoms with Crippen LogP contribution >= 0.6 is 0 Å². The van der Waals surface area contributed by atoms with Gasteiger partial charge in [0.05, 0.1) is 22.4 Å². The molecule has 1 aliphatic rings. The molecule has 1 N–H and O–H groups in total. The van der Waals surface area contributed by atoms with E-state index in [2.05, 4.69) is 16.5 Å². The first-order valence-corrected chi connectivity index (χ1v) is 15.3. The standard InChI is InChI=1S/C30H29F2N5O5S/c1-5-25(39)35-12-13-36(18(3)15-35)29-19-14-22(32)27(26-21(31)9-7-10-23(26)38)33-28(19)37(30(40)34-29)16-20-17(2)8-6-11-24(20)43(4,41)42/h5-11,14,18,38H,1,12-13,15-16H2,2-4H3/t18-/m0/s1. The van der Waals surface area contributed by atoms with E-state index in [-0.39, 0.29) is 53.3 Å². The van der Waals surface area contributed by atoms with Gasteiger partial charge in [-0.15, -0.1) is 0 Å². The Hall–Kier alpha value is -4.65. The Morgan fingerprint density at radius 1 is 1.14 bits per heavy atom. The van der Waals surface area contributed by atoms with Gasteiger partial charge in [-0.2, -0.15) is 4.98 Å². The fraction of sp³-hybridized carbons (Fsp3) is 0.267. The van der Waals surface area contributed by atoms with Gasteiger partial charge in [-0.1, -0.05) is 24.8 Å². The zero-order valence-electron chi connectivity index (χ0n) is 23.7. The highest BCUT2D eigenvalue weighted by molar-refractivity contribution is 7.90. The van der Waals surface area contributed by atoms with Gasteiger partial charge in [0.2, 0.25) is 5.91 Å². The molecule has 0 saturated carbocycles. The molecule has 10 nitrogen and oxygen atoms in total. The maximum atomic E-state index is 15.7. The van der Waals surface area contributed by atoms with Crippen molar-refractivity contribution in [2.24, 2.45) is 0 Å². The van der Waals surface area contributed by atoms with E-state index < -0.39 is 44.2 Å². The lowest BCUT2D eigenvalue weighted by Gasteiger charge is -2.40. The average molecular weight is 610 g/mol. The minimum atomic E-state index is -3.70. The molecule has 2 aromatic heterocycles. The van der Waals surface area contributed by atoms with Crippen LogP contribution < -0.4 is 10.6 Å². The molecule has 2 aromatic carbocycles. The first kappa shape index (κ1) is 29.8. The Morgan fingerprint density at radius 3 is 2.51 bits per heavy atom. The molecule has 224 valence electrons. The number of phenols is 1. The number of carbonyl (C=O) groups excluding carboxylic acids is 1. The zero-order valence-corrected chi connectivity index (χ0v) is 24.5. The number of rotatable bonds is 6. The van der Waals surface area contributed by atoms with E-state index in [4.69, 9.17) is 0 Å². The van der Waals surface area contributed by atoms with Crippen molar-refractivity contribution in [1.82, 2.24) is 19.4 Å². The lowest BCUT2D eigenvalue weighted by molar-refractivity contribution is -0.126.